The second-order valence-electron chi connectivity index (χ2n) is 3.49. The van der Waals surface area contributed by atoms with Crippen molar-refractivity contribution in [1.29, 1.82) is 0 Å². The standard InChI is InChI=1S/C10H8F6/c1-8(9(11,12)13,10(14,15)16)7-5-3-2-4-6-7/h2-6H,1H3. The molecule has 0 atom stereocenters. The lowest BCUT2D eigenvalue weighted by molar-refractivity contribution is -0.297. The van der Waals surface area contributed by atoms with Crippen molar-refractivity contribution in [2.24, 2.45) is 0 Å². The van der Waals surface area contributed by atoms with E-state index in [1.54, 1.807) is 0 Å². The summed E-state index contributed by atoms with van der Waals surface area (Å²) >= 11 is 0. The number of hydrogen-bond donors (Lipinski definition) is 0. The normalized spacial score (nSPS) is 13.9. The lowest BCUT2D eigenvalue weighted by Crippen LogP contribution is -2.51. The smallest absolute Gasteiger partial charge is 0.170 e. The van der Waals surface area contributed by atoms with Crippen LogP contribution >= 0.6 is 0 Å². The fourth-order valence-electron chi connectivity index (χ4n) is 1.26. The van der Waals surface area contributed by atoms with Gasteiger partial charge in [0.2, 0.25) is 0 Å². The zero-order chi connectivity index (χ0) is 12.6. The average Bonchev–Trinajstić information content (AvgIpc) is 2.14. The third-order valence-corrected chi connectivity index (χ3v) is 2.49. The van der Waals surface area contributed by atoms with Crippen LogP contribution in [0.15, 0.2) is 30.3 Å². The van der Waals surface area contributed by atoms with Gasteiger partial charge in [0.05, 0.1) is 0 Å². The molecule has 0 aliphatic carbocycles. The fourth-order valence-corrected chi connectivity index (χ4v) is 1.26. The minimum absolute atomic E-state index is 0.141. The molecule has 0 aliphatic rings. The van der Waals surface area contributed by atoms with Crippen molar-refractivity contribution >= 4 is 0 Å². The Hall–Kier alpha value is -1.20. The average molecular weight is 242 g/mol. The Morgan fingerprint density at radius 1 is 0.750 bits per heavy atom. The van der Waals surface area contributed by atoms with E-state index in [1.807, 2.05) is 0 Å². The monoisotopic (exact) mass is 242 g/mol. The summed E-state index contributed by atoms with van der Waals surface area (Å²) in [6.45, 7) is 0.141. The van der Waals surface area contributed by atoms with Crippen molar-refractivity contribution in [2.45, 2.75) is 24.7 Å². The summed E-state index contributed by atoms with van der Waals surface area (Å²) < 4.78 is 75.4. The second kappa shape index (κ2) is 3.68. The number of alkyl halides is 6. The van der Waals surface area contributed by atoms with Gasteiger partial charge in [-0.15, -0.1) is 0 Å². The van der Waals surface area contributed by atoms with Crippen LogP contribution in [0.4, 0.5) is 26.3 Å². The van der Waals surface area contributed by atoms with E-state index in [1.165, 1.54) is 6.07 Å². The van der Waals surface area contributed by atoms with Gasteiger partial charge in [0.25, 0.3) is 0 Å². The van der Waals surface area contributed by atoms with Crippen LogP contribution in [0, 0.1) is 0 Å². The molecule has 0 nitrogen and oxygen atoms in total. The fraction of sp³-hybridized carbons (Fsp3) is 0.400. The molecule has 0 aliphatic heterocycles. The molecule has 0 unspecified atom stereocenters. The maximum atomic E-state index is 12.6. The van der Waals surface area contributed by atoms with Crippen molar-refractivity contribution in [2.75, 3.05) is 0 Å². The summed E-state index contributed by atoms with van der Waals surface area (Å²) in [5, 5.41) is 0. The predicted octanol–water partition coefficient (Wildman–Crippen LogP) is 4.07. The van der Waals surface area contributed by atoms with Gasteiger partial charge in [-0.1, -0.05) is 30.3 Å². The summed E-state index contributed by atoms with van der Waals surface area (Å²) in [5.74, 6) is 0. The SMILES string of the molecule is CC(c1ccccc1)(C(F)(F)F)C(F)(F)F. The first kappa shape index (κ1) is 12.9. The molecule has 0 spiro atoms. The molecule has 0 radical (unpaired) electrons. The molecule has 90 valence electrons. The minimum Gasteiger partial charge on any atom is -0.170 e. The molecule has 16 heavy (non-hydrogen) atoms. The number of benzene rings is 1. The largest absolute Gasteiger partial charge is 0.406 e. The highest BCUT2D eigenvalue weighted by molar-refractivity contribution is 5.28. The van der Waals surface area contributed by atoms with E-state index in [0.29, 0.717) is 0 Å². The maximum Gasteiger partial charge on any atom is 0.406 e. The lowest BCUT2D eigenvalue weighted by Gasteiger charge is -2.34. The summed E-state index contributed by atoms with van der Waals surface area (Å²) in [7, 11) is 0. The Balaban J connectivity index is 3.39. The van der Waals surface area contributed by atoms with E-state index in [9.17, 15) is 26.3 Å². The molecule has 0 saturated carbocycles. The van der Waals surface area contributed by atoms with Gasteiger partial charge in [-0.05, 0) is 12.5 Å². The number of hydrogen-bond acceptors (Lipinski definition) is 0. The van der Waals surface area contributed by atoms with Crippen molar-refractivity contribution < 1.29 is 26.3 Å². The van der Waals surface area contributed by atoms with E-state index in [4.69, 9.17) is 0 Å². The van der Waals surface area contributed by atoms with E-state index >= 15 is 0 Å². The van der Waals surface area contributed by atoms with Gasteiger partial charge in [-0.25, -0.2) is 0 Å². The van der Waals surface area contributed by atoms with Crippen LogP contribution in [0.1, 0.15) is 12.5 Å². The molecule has 6 heteroatoms. The van der Waals surface area contributed by atoms with Gasteiger partial charge < -0.3 is 0 Å². The summed E-state index contributed by atoms with van der Waals surface area (Å²) in [5.41, 5.74) is -4.64. The maximum absolute atomic E-state index is 12.6. The predicted molar refractivity (Wildman–Crippen MR) is 45.9 cm³/mol. The molecule has 0 saturated heterocycles. The minimum atomic E-state index is -5.38. The third kappa shape index (κ3) is 1.88. The first-order valence-corrected chi connectivity index (χ1v) is 4.29. The van der Waals surface area contributed by atoms with Crippen molar-refractivity contribution in [3.05, 3.63) is 35.9 Å². The first-order chi connectivity index (χ1) is 7.11. The molecule has 0 aromatic heterocycles. The molecule has 0 N–H and O–H groups in total. The molecule has 0 amide bonds. The summed E-state index contributed by atoms with van der Waals surface area (Å²) in [4.78, 5) is 0. The Kier molecular flexibility index (Phi) is 2.96. The van der Waals surface area contributed by atoms with Crippen LogP contribution in [-0.4, -0.2) is 12.4 Å². The van der Waals surface area contributed by atoms with Crippen LogP contribution in [-0.2, 0) is 5.41 Å². The van der Waals surface area contributed by atoms with Gasteiger partial charge in [0.1, 0.15) is 0 Å². The van der Waals surface area contributed by atoms with E-state index < -0.39 is 23.3 Å². The molecule has 1 aromatic carbocycles. The topological polar surface area (TPSA) is 0 Å². The Labute approximate surface area is 87.9 Å². The number of rotatable bonds is 1. The highest BCUT2D eigenvalue weighted by Gasteiger charge is 2.68. The summed E-state index contributed by atoms with van der Waals surface area (Å²) in [6, 6.07) is 5.29. The number of halogens is 6. The van der Waals surface area contributed by atoms with Crippen molar-refractivity contribution in [3.63, 3.8) is 0 Å². The highest BCUT2D eigenvalue weighted by atomic mass is 19.4. The van der Waals surface area contributed by atoms with Crippen LogP contribution in [0.5, 0.6) is 0 Å². The molecule has 1 rings (SSSR count). The van der Waals surface area contributed by atoms with Gasteiger partial charge in [-0.3, -0.25) is 0 Å². The van der Waals surface area contributed by atoms with Gasteiger partial charge in [-0.2, -0.15) is 26.3 Å². The lowest BCUT2D eigenvalue weighted by atomic mass is 9.81. The van der Waals surface area contributed by atoms with E-state index in [0.717, 1.165) is 24.3 Å². The highest BCUT2D eigenvalue weighted by Crippen LogP contribution is 2.51. The Bertz CT molecular complexity index is 334. The molecule has 0 fully saturated rings. The quantitative estimate of drug-likeness (QED) is 0.651. The van der Waals surface area contributed by atoms with Crippen molar-refractivity contribution in [3.8, 4) is 0 Å². The molecular weight excluding hydrogens is 234 g/mol. The van der Waals surface area contributed by atoms with Gasteiger partial charge in [0.15, 0.2) is 5.41 Å². The van der Waals surface area contributed by atoms with Crippen LogP contribution in [0.2, 0.25) is 0 Å². The van der Waals surface area contributed by atoms with Crippen molar-refractivity contribution in [1.82, 2.24) is 0 Å². The van der Waals surface area contributed by atoms with E-state index in [-0.39, 0.29) is 6.92 Å². The molecule has 1 aromatic rings. The Morgan fingerprint density at radius 2 is 1.12 bits per heavy atom. The zero-order valence-corrected chi connectivity index (χ0v) is 8.15. The van der Waals surface area contributed by atoms with Crippen LogP contribution < -0.4 is 0 Å². The van der Waals surface area contributed by atoms with Gasteiger partial charge in [0, 0.05) is 0 Å². The van der Waals surface area contributed by atoms with Gasteiger partial charge >= 0.3 is 12.4 Å². The second-order valence-corrected chi connectivity index (χ2v) is 3.49. The van der Waals surface area contributed by atoms with Crippen LogP contribution in [0.25, 0.3) is 0 Å². The molecule has 0 heterocycles. The summed E-state index contributed by atoms with van der Waals surface area (Å²) in [6.07, 6.45) is -10.8. The Morgan fingerprint density at radius 3 is 1.44 bits per heavy atom. The molecule has 0 bridgehead atoms. The van der Waals surface area contributed by atoms with E-state index in [2.05, 4.69) is 0 Å². The van der Waals surface area contributed by atoms with Crippen LogP contribution in [0.3, 0.4) is 0 Å². The zero-order valence-electron chi connectivity index (χ0n) is 8.15. The molecular formula is C10H8F6. The first-order valence-electron chi connectivity index (χ1n) is 4.29. The third-order valence-electron chi connectivity index (χ3n) is 2.49.